The van der Waals surface area contributed by atoms with Gasteiger partial charge in [0.1, 0.15) is 0 Å². The highest BCUT2D eigenvalue weighted by molar-refractivity contribution is 7.17. The molecule has 0 saturated heterocycles. The van der Waals surface area contributed by atoms with E-state index in [1.165, 1.54) is 23.6 Å². The number of aromatic nitrogens is 3. The predicted molar refractivity (Wildman–Crippen MR) is 72.5 cm³/mol. The molecular formula is C13H9N3OS. The summed E-state index contributed by atoms with van der Waals surface area (Å²) in [7, 11) is 0. The predicted octanol–water partition coefficient (Wildman–Crippen LogP) is 2.32. The molecule has 0 aliphatic heterocycles. The zero-order valence-corrected chi connectivity index (χ0v) is 10.2. The van der Waals surface area contributed by atoms with Gasteiger partial charge in [-0.1, -0.05) is 23.5 Å². The molecule has 18 heavy (non-hydrogen) atoms. The first kappa shape index (κ1) is 10.9. The van der Waals surface area contributed by atoms with E-state index in [1.54, 1.807) is 23.0 Å². The second-order valence-corrected chi connectivity index (χ2v) is 4.73. The van der Waals surface area contributed by atoms with E-state index < -0.39 is 0 Å². The van der Waals surface area contributed by atoms with Crippen LogP contribution in [0.3, 0.4) is 0 Å². The normalized spacial score (nSPS) is 11.3. The molecule has 0 aromatic carbocycles. The Hall–Kier alpha value is -2.27. The van der Waals surface area contributed by atoms with Crippen LogP contribution in [0.1, 0.15) is 10.4 Å². The van der Waals surface area contributed by atoms with Crippen molar-refractivity contribution in [3.63, 3.8) is 0 Å². The molecular weight excluding hydrogens is 246 g/mol. The summed E-state index contributed by atoms with van der Waals surface area (Å²) in [5.74, 6) is 0. The fourth-order valence-corrected chi connectivity index (χ4v) is 2.44. The van der Waals surface area contributed by atoms with Gasteiger partial charge in [0, 0.05) is 35.7 Å². The topological polar surface area (TPSA) is 47.3 Å². The Bertz CT molecular complexity index is 759. The fraction of sp³-hybridized carbons (Fsp3) is 0. The molecule has 0 atom stereocenters. The maximum Gasteiger partial charge on any atom is 0.258 e. The Kier molecular flexibility index (Phi) is 2.74. The first-order chi connectivity index (χ1) is 8.83. The zero-order chi connectivity index (χ0) is 12.4. The van der Waals surface area contributed by atoms with Gasteiger partial charge in [0.15, 0.2) is 4.96 Å². The van der Waals surface area contributed by atoms with Crippen LogP contribution in [0.4, 0.5) is 0 Å². The molecule has 0 unspecified atom stereocenters. The van der Waals surface area contributed by atoms with Gasteiger partial charge in [0.2, 0.25) is 0 Å². The average Bonchev–Trinajstić information content (AvgIpc) is 2.82. The molecule has 3 aromatic rings. The first-order valence-corrected chi connectivity index (χ1v) is 6.20. The van der Waals surface area contributed by atoms with Gasteiger partial charge in [-0.3, -0.25) is 14.2 Å². The highest BCUT2D eigenvalue weighted by Gasteiger charge is 2.00. The zero-order valence-electron chi connectivity index (χ0n) is 9.35. The first-order valence-electron chi connectivity index (χ1n) is 5.38. The van der Waals surface area contributed by atoms with Gasteiger partial charge in [-0.05, 0) is 17.7 Å². The van der Waals surface area contributed by atoms with Crippen LogP contribution < -0.4 is 5.56 Å². The second kappa shape index (κ2) is 4.54. The van der Waals surface area contributed by atoms with E-state index in [2.05, 4.69) is 9.97 Å². The molecule has 0 N–H and O–H groups in total. The van der Waals surface area contributed by atoms with E-state index in [0.29, 0.717) is 4.96 Å². The maximum absolute atomic E-state index is 11.6. The van der Waals surface area contributed by atoms with E-state index in [0.717, 1.165) is 10.4 Å². The fourth-order valence-electron chi connectivity index (χ4n) is 1.58. The number of pyridine rings is 1. The molecule has 0 aliphatic rings. The average molecular weight is 255 g/mol. The lowest BCUT2D eigenvalue weighted by Gasteiger charge is -1.88. The van der Waals surface area contributed by atoms with Crippen molar-refractivity contribution >= 4 is 28.4 Å². The Morgan fingerprint density at radius 2 is 2.17 bits per heavy atom. The van der Waals surface area contributed by atoms with Crippen molar-refractivity contribution < 1.29 is 0 Å². The van der Waals surface area contributed by atoms with Crippen LogP contribution in [-0.4, -0.2) is 14.4 Å². The number of rotatable bonds is 2. The SMILES string of the molecule is O=c1ccnc2sc(/C=C/c3cccnc3)cn12. The number of hydrogen-bond acceptors (Lipinski definition) is 4. The minimum Gasteiger partial charge on any atom is -0.269 e. The molecule has 3 aromatic heterocycles. The molecule has 0 fully saturated rings. The molecule has 3 heterocycles. The number of fused-ring (bicyclic) bond motifs is 1. The molecule has 0 aliphatic carbocycles. The lowest BCUT2D eigenvalue weighted by molar-refractivity contribution is 1.08. The molecule has 0 saturated carbocycles. The van der Waals surface area contributed by atoms with Crippen LogP contribution in [0, 0.1) is 0 Å². The highest BCUT2D eigenvalue weighted by atomic mass is 32.1. The minimum atomic E-state index is -0.0581. The third-order valence-electron chi connectivity index (χ3n) is 2.44. The van der Waals surface area contributed by atoms with E-state index in [-0.39, 0.29) is 5.56 Å². The van der Waals surface area contributed by atoms with Crippen molar-refractivity contribution in [1.29, 1.82) is 0 Å². The van der Waals surface area contributed by atoms with Crippen molar-refractivity contribution in [2.75, 3.05) is 0 Å². The molecule has 0 amide bonds. The summed E-state index contributed by atoms with van der Waals surface area (Å²) >= 11 is 1.48. The maximum atomic E-state index is 11.6. The van der Waals surface area contributed by atoms with Crippen LogP contribution >= 0.6 is 11.3 Å². The summed E-state index contributed by atoms with van der Waals surface area (Å²) in [6.45, 7) is 0. The van der Waals surface area contributed by atoms with Crippen LogP contribution in [0.2, 0.25) is 0 Å². The lowest BCUT2D eigenvalue weighted by Crippen LogP contribution is -2.09. The van der Waals surface area contributed by atoms with Gasteiger partial charge in [-0.2, -0.15) is 0 Å². The Balaban J connectivity index is 1.99. The minimum absolute atomic E-state index is 0.0581. The summed E-state index contributed by atoms with van der Waals surface area (Å²) in [4.78, 5) is 21.4. The number of hydrogen-bond donors (Lipinski definition) is 0. The van der Waals surface area contributed by atoms with Crippen molar-refractivity contribution in [3.05, 3.63) is 63.8 Å². The number of nitrogens with zero attached hydrogens (tertiary/aromatic N) is 3. The highest BCUT2D eigenvalue weighted by Crippen LogP contribution is 2.16. The van der Waals surface area contributed by atoms with Crippen LogP contribution in [0.25, 0.3) is 17.1 Å². The summed E-state index contributed by atoms with van der Waals surface area (Å²) in [5.41, 5.74) is 0.965. The monoisotopic (exact) mass is 255 g/mol. The molecule has 0 radical (unpaired) electrons. The van der Waals surface area contributed by atoms with Crippen molar-refractivity contribution in [3.8, 4) is 0 Å². The van der Waals surface area contributed by atoms with Gasteiger partial charge >= 0.3 is 0 Å². The van der Waals surface area contributed by atoms with Crippen molar-refractivity contribution in [1.82, 2.24) is 14.4 Å². The molecule has 88 valence electrons. The lowest BCUT2D eigenvalue weighted by atomic mass is 10.2. The van der Waals surface area contributed by atoms with Gasteiger partial charge in [0.25, 0.3) is 5.56 Å². The van der Waals surface area contributed by atoms with E-state index in [1.807, 2.05) is 24.3 Å². The van der Waals surface area contributed by atoms with E-state index in [9.17, 15) is 4.79 Å². The summed E-state index contributed by atoms with van der Waals surface area (Å²) < 4.78 is 1.55. The molecule has 3 rings (SSSR count). The number of thiazole rings is 1. The molecule has 0 spiro atoms. The smallest absolute Gasteiger partial charge is 0.258 e. The summed E-state index contributed by atoms with van der Waals surface area (Å²) in [6.07, 6.45) is 10.8. The van der Waals surface area contributed by atoms with Gasteiger partial charge in [0.05, 0.1) is 0 Å². The van der Waals surface area contributed by atoms with E-state index >= 15 is 0 Å². The Morgan fingerprint density at radius 1 is 1.22 bits per heavy atom. The largest absolute Gasteiger partial charge is 0.269 e. The van der Waals surface area contributed by atoms with Gasteiger partial charge < -0.3 is 0 Å². The van der Waals surface area contributed by atoms with Crippen LogP contribution in [0.15, 0.2) is 47.8 Å². The Morgan fingerprint density at radius 3 is 2.94 bits per heavy atom. The molecule has 5 heteroatoms. The van der Waals surface area contributed by atoms with Gasteiger partial charge in [-0.15, -0.1) is 0 Å². The molecule has 4 nitrogen and oxygen atoms in total. The summed E-state index contributed by atoms with van der Waals surface area (Å²) in [5, 5.41) is 0. The molecule has 0 bridgehead atoms. The van der Waals surface area contributed by atoms with Crippen molar-refractivity contribution in [2.24, 2.45) is 0 Å². The quantitative estimate of drug-likeness (QED) is 0.706. The van der Waals surface area contributed by atoms with Crippen LogP contribution in [-0.2, 0) is 0 Å². The Labute approximate surface area is 107 Å². The summed E-state index contributed by atoms with van der Waals surface area (Å²) in [6, 6.07) is 5.31. The standard InChI is InChI=1S/C13H9N3OS/c17-12-5-7-15-13-16(12)9-11(18-13)4-3-10-2-1-6-14-8-10/h1-9H/b4-3+. The van der Waals surface area contributed by atoms with Crippen molar-refractivity contribution in [2.45, 2.75) is 0 Å². The second-order valence-electron chi connectivity index (χ2n) is 3.69. The third kappa shape index (κ3) is 2.08. The van der Waals surface area contributed by atoms with Gasteiger partial charge in [-0.25, -0.2) is 4.98 Å². The van der Waals surface area contributed by atoms with E-state index in [4.69, 9.17) is 0 Å². The van der Waals surface area contributed by atoms with Crippen LogP contribution in [0.5, 0.6) is 0 Å². The third-order valence-corrected chi connectivity index (χ3v) is 3.40.